The van der Waals surface area contributed by atoms with Crippen molar-refractivity contribution in [2.75, 3.05) is 27.8 Å². The van der Waals surface area contributed by atoms with E-state index in [-0.39, 0.29) is 23.9 Å². The van der Waals surface area contributed by atoms with Crippen LogP contribution >= 0.6 is 0 Å². The van der Waals surface area contributed by atoms with Gasteiger partial charge in [0.05, 0.1) is 14.2 Å². The molecular weight excluding hydrogens is 334 g/mol. The van der Waals surface area contributed by atoms with E-state index in [1.54, 1.807) is 14.2 Å². The van der Waals surface area contributed by atoms with Crippen molar-refractivity contribution in [2.24, 2.45) is 0 Å². The number of hydrogen-bond acceptors (Lipinski definition) is 5. The summed E-state index contributed by atoms with van der Waals surface area (Å²) in [4.78, 5) is 25.6. The predicted octanol–water partition coefficient (Wildman–Crippen LogP) is 1.31. The summed E-state index contributed by atoms with van der Waals surface area (Å²) in [6, 6.07) is 6.09. The zero-order valence-corrected chi connectivity index (χ0v) is 16.0. The second kappa shape index (κ2) is 9.43. The highest BCUT2D eigenvalue weighted by molar-refractivity contribution is 5.76. The van der Waals surface area contributed by atoms with Gasteiger partial charge in [0.1, 0.15) is 0 Å². The molecule has 7 nitrogen and oxygen atoms in total. The summed E-state index contributed by atoms with van der Waals surface area (Å²) in [5, 5.41) is 5.82. The third kappa shape index (κ3) is 5.11. The van der Waals surface area contributed by atoms with Crippen LogP contribution in [0.4, 0.5) is 0 Å². The topological polar surface area (TPSA) is 79.9 Å². The number of carbonyl (C=O) groups excluding carboxylic acids is 2. The van der Waals surface area contributed by atoms with Crippen LogP contribution in [0.1, 0.15) is 31.7 Å². The lowest BCUT2D eigenvalue weighted by Gasteiger charge is -2.25. The summed E-state index contributed by atoms with van der Waals surface area (Å²) in [5.41, 5.74) is 0.878. The van der Waals surface area contributed by atoms with Gasteiger partial charge in [-0.3, -0.25) is 14.5 Å². The first kappa shape index (κ1) is 20.0. The van der Waals surface area contributed by atoms with Gasteiger partial charge in [0.25, 0.3) is 0 Å². The number of likely N-dealkylation sites (N-methyl/N-ethyl adjacent to an activating group) is 1. The number of amides is 2. The Labute approximate surface area is 155 Å². The number of rotatable bonds is 8. The van der Waals surface area contributed by atoms with Crippen molar-refractivity contribution in [1.82, 2.24) is 15.5 Å². The van der Waals surface area contributed by atoms with Gasteiger partial charge in [-0.15, -0.1) is 0 Å². The Morgan fingerprint density at radius 3 is 2.54 bits per heavy atom. The van der Waals surface area contributed by atoms with Crippen LogP contribution in [0.15, 0.2) is 18.2 Å². The van der Waals surface area contributed by atoms with Gasteiger partial charge < -0.3 is 20.1 Å². The van der Waals surface area contributed by atoms with E-state index in [1.807, 2.05) is 25.2 Å². The summed E-state index contributed by atoms with van der Waals surface area (Å²) in [6.07, 6.45) is 2.38. The minimum atomic E-state index is -0.0215. The van der Waals surface area contributed by atoms with Crippen molar-refractivity contribution in [2.45, 2.75) is 44.8 Å². The molecule has 2 atom stereocenters. The van der Waals surface area contributed by atoms with Gasteiger partial charge in [-0.25, -0.2) is 0 Å². The number of nitrogens with one attached hydrogen (secondary N) is 2. The van der Waals surface area contributed by atoms with Crippen LogP contribution in [-0.2, 0) is 16.1 Å². The first-order valence-corrected chi connectivity index (χ1v) is 8.89. The maximum atomic E-state index is 12.4. The maximum absolute atomic E-state index is 12.4. The smallest absolute Gasteiger partial charge is 0.221 e. The van der Waals surface area contributed by atoms with Gasteiger partial charge in [0.15, 0.2) is 11.5 Å². The lowest BCUT2D eigenvalue weighted by atomic mass is 10.1. The monoisotopic (exact) mass is 363 g/mol. The molecular formula is C19H29N3O4. The zero-order valence-electron chi connectivity index (χ0n) is 16.0. The standard InChI is InChI=1S/C19H29N3O4/c1-13(23)20-12-16-9-8-15(22(16)2)10-18(24)21-11-14-6-5-7-17(25-3)19(14)26-4/h5-7,15-16H,8-12H2,1-4H3,(H,20,23)(H,21,24)/t15-,16+/m0/s1. The molecule has 0 saturated carbocycles. The fourth-order valence-electron chi connectivity index (χ4n) is 3.42. The van der Waals surface area contributed by atoms with Crippen molar-refractivity contribution in [3.05, 3.63) is 23.8 Å². The van der Waals surface area contributed by atoms with E-state index in [1.165, 1.54) is 6.92 Å². The van der Waals surface area contributed by atoms with Gasteiger partial charge in [-0.1, -0.05) is 12.1 Å². The first-order valence-electron chi connectivity index (χ1n) is 8.89. The zero-order chi connectivity index (χ0) is 19.1. The Kier molecular flexibility index (Phi) is 7.26. The predicted molar refractivity (Wildman–Crippen MR) is 99.3 cm³/mol. The molecule has 0 aliphatic carbocycles. The van der Waals surface area contributed by atoms with E-state index in [0.717, 1.165) is 18.4 Å². The SMILES string of the molecule is COc1cccc(CNC(=O)C[C@@H]2CC[C@H](CNC(C)=O)N2C)c1OC. The number of benzene rings is 1. The van der Waals surface area contributed by atoms with Crippen molar-refractivity contribution < 1.29 is 19.1 Å². The molecule has 26 heavy (non-hydrogen) atoms. The van der Waals surface area contributed by atoms with E-state index in [0.29, 0.717) is 31.0 Å². The van der Waals surface area contributed by atoms with E-state index in [4.69, 9.17) is 9.47 Å². The Bertz CT molecular complexity index is 635. The molecule has 1 aromatic carbocycles. The molecule has 1 aliphatic heterocycles. The van der Waals surface area contributed by atoms with Crippen LogP contribution in [0.25, 0.3) is 0 Å². The van der Waals surface area contributed by atoms with Crippen LogP contribution in [-0.4, -0.2) is 56.6 Å². The number of nitrogens with zero attached hydrogens (tertiary/aromatic N) is 1. The molecule has 0 bridgehead atoms. The summed E-state index contributed by atoms with van der Waals surface area (Å²) in [6.45, 7) is 2.54. The summed E-state index contributed by atoms with van der Waals surface area (Å²) >= 11 is 0. The van der Waals surface area contributed by atoms with Crippen LogP contribution < -0.4 is 20.1 Å². The van der Waals surface area contributed by atoms with Crippen LogP contribution in [0.5, 0.6) is 11.5 Å². The van der Waals surface area contributed by atoms with Crippen LogP contribution in [0.3, 0.4) is 0 Å². The van der Waals surface area contributed by atoms with Crippen LogP contribution in [0, 0.1) is 0 Å². The Hall–Kier alpha value is -2.28. The van der Waals surface area contributed by atoms with E-state index >= 15 is 0 Å². The molecule has 0 radical (unpaired) electrons. The quantitative estimate of drug-likeness (QED) is 0.728. The van der Waals surface area contributed by atoms with E-state index in [2.05, 4.69) is 15.5 Å². The van der Waals surface area contributed by atoms with Gasteiger partial charge in [-0.05, 0) is 26.0 Å². The average Bonchev–Trinajstić information content (AvgIpc) is 2.97. The summed E-state index contributed by atoms with van der Waals surface area (Å²) in [5.74, 6) is 1.28. The van der Waals surface area contributed by atoms with Gasteiger partial charge in [0, 0.05) is 44.1 Å². The first-order chi connectivity index (χ1) is 12.5. The summed E-state index contributed by atoms with van der Waals surface area (Å²) in [7, 11) is 5.20. The van der Waals surface area contributed by atoms with Gasteiger partial charge in [0.2, 0.25) is 11.8 Å². The third-order valence-corrected chi connectivity index (χ3v) is 4.95. The molecule has 2 rings (SSSR count). The lowest BCUT2D eigenvalue weighted by Crippen LogP contribution is -2.41. The largest absolute Gasteiger partial charge is 0.493 e. The molecule has 0 unspecified atom stereocenters. The Morgan fingerprint density at radius 2 is 1.88 bits per heavy atom. The van der Waals surface area contributed by atoms with E-state index in [9.17, 15) is 9.59 Å². The maximum Gasteiger partial charge on any atom is 0.221 e. The van der Waals surface area contributed by atoms with Crippen LogP contribution in [0.2, 0.25) is 0 Å². The molecule has 1 aliphatic rings. The molecule has 2 N–H and O–H groups in total. The molecule has 0 aromatic heterocycles. The fourth-order valence-corrected chi connectivity index (χ4v) is 3.42. The minimum absolute atomic E-state index is 0.00639. The molecule has 1 saturated heterocycles. The Balaban J connectivity index is 1.85. The number of para-hydroxylation sites is 1. The van der Waals surface area contributed by atoms with Crippen molar-refractivity contribution in [1.29, 1.82) is 0 Å². The number of likely N-dealkylation sites (tertiary alicyclic amines) is 1. The lowest BCUT2D eigenvalue weighted by molar-refractivity contribution is -0.122. The van der Waals surface area contributed by atoms with Crippen molar-refractivity contribution in [3.8, 4) is 11.5 Å². The Morgan fingerprint density at radius 1 is 1.15 bits per heavy atom. The molecule has 1 aromatic rings. The molecule has 1 fully saturated rings. The number of methoxy groups -OCH3 is 2. The second-order valence-corrected chi connectivity index (χ2v) is 6.62. The van der Waals surface area contributed by atoms with Gasteiger partial charge in [-0.2, -0.15) is 0 Å². The molecule has 0 spiro atoms. The fraction of sp³-hybridized carbons (Fsp3) is 0.579. The van der Waals surface area contributed by atoms with Crippen molar-refractivity contribution >= 4 is 11.8 Å². The van der Waals surface area contributed by atoms with E-state index < -0.39 is 0 Å². The molecule has 2 amide bonds. The third-order valence-electron chi connectivity index (χ3n) is 4.95. The second-order valence-electron chi connectivity index (χ2n) is 6.62. The highest BCUT2D eigenvalue weighted by atomic mass is 16.5. The molecule has 1 heterocycles. The molecule has 144 valence electrons. The van der Waals surface area contributed by atoms with Crippen molar-refractivity contribution in [3.63, 3.8) is 0 Å². The number of carbonyl (C=O) groups is 2. The minimum Gasteiger partial charge on any atom is -0.493 e. The highest BCUT2D eigenvalue weighted by Gasteiger charge is 2.31. The average molecular weight is 363 g/mol. The number of hydrogen-bond donors (Lipinski definition) is 2. The normalized spacial score (nSPS) is 19.8. The summed E-state index contributed by atoms with van der Waals surface area (Å²) < 4.78 is 10.7. The highest BCUT2D eigenvalue weighted by Crippen LogP contribution is 2.30. The molecule has 7 heteroatoms. The van der Waals surface area contributed by atoms with Gasteiger partial charge >= 0.3 is 0 Å². The number of ether oxygens (including phenoxy) is 2.